The molecule has 1 saturated carbocycles. The van der Waals surface area contributed by atoms with Crippen molar-refractivity contribution in [2.24, 2.45) is 23.2 Å². The summed E-state index contributed by atoms with van der Waals surface area (Å²) < 4.78 is 5.60. The zero-order valence-corrected chi connectivity index (χ0v) is 13.0. The third-order valence-electron chi connectivity index (χ3n) is 5.02. The van der Waals surface area contributed by atoms with Gasteiger partial charge in [-0.15, -0.1) is 0 Å². The molecular weight excluding hydrogens is 236 g/mol. The van der Waals surface area contributed by atoms with E-state index in [1.807, 2.05) is 13.8 Å². The second-order valence-corrected chi connectivity index (χ2v) is 7.15. The van der Waals surface area contributed by atoms with Crippen LogP contribution in [-0.4, -0.2) is 18.0 Å². The first kappa shape index (κ1) is 15.1. The summed E-state index contributed by atoms with van der Waals surface area (Å²) >= 11 is 0. The lowest BCUT2D eigenvalue weighted by Crippen LogP contribution is -2.25. The van der Waals surface area contributed by atoms with Gasteiger partial charge < -0.3 is 9.84 Å². The number of hydrogen-bond donors (Lipinski definition) is 1. The van der Waals surface area contributed by atoms with E-state index >= 15 is 0 Å². The first-order chi connectivity index (χ1) is 8.94. The molecule has 0 saturated heterocycles. The van der Waals surface area contributed by atoms with Crippen molar-refractivity contribution in [1.29, 1.82) is 0 Å². The molecule has 1 fully saturated rings. The smallest absolute Gasteiger partial charge is 0.156 e. The summed E-state index contributed by atoms with van der Waals surface area (Å²) in [4.78, 5) is 0. The summed E-state index contributed by atoms with van der Waals surface area (Å²) in [5, 5.41) is 9.75. The van der Waals surface area contributed by atoms with E-state index in [2.05, 4.69) is 19.9 Å². The van der Waals surface area contributed by atoms with Gasteiger partial charge in [0.15, 0.2) is 6.29 Å². The lowest BCUT2D eigenvalue weighted by molar-refractivity contribution is -0.135. The first-order valence-corrected chi connectivity index (χ1v) is 7.97. The van der Waals surface area contributed by atoms with Crippen molar-refractivity contribution in [3.05, 3.63) is 11.6 Å². The average Bonchev–Trinajstić information content (AvgIpc) is 3.08. The molecule has 2 aliphatic rings. The maximum Gasteiger partial charge on any atom is 0.156 e. The van der Waals surface area contributed by atoms with Crippen molar-refractivity contribution < 1.29 is 9.84 Å². The molecule has 0 radical (unpaired) electrons. The van der Waals surface area contributed by atoms with Gasteiger partial charge in [-0.25, -0.2) is 0 Å². The molecule has 2 aliphatic carbocycles. The molecule has 0 aliphatic heterocycles. The van der Waals surface area contributed by atoms with Gasteiger partial charge in [-0.1, -0.05) is 58.6 Å². The van der Waals surface area contributed by atoms with Gasteiger partial charge in [0, 0.05) is 11.3 Å². The molecule has 2 rings (SSSR count). The van der Waals surface area contributed by atoms with Gasteiger partial charge in [0.2, 0.25) is 0 Å². The number of rotatable bonds is 6. The van der Waals surface area contributed by atoms with E-state index in [0.29, 0.717) is 12.5 Å². The van der Waals surface area contributed by atoms with Crippen molar-refractivity contribution in [3.8, 4) is 0 Å². The van der Waals surface area contributed by atoms with Crippen LogP contribution in [0.2, 0.25) is 0 Å². The maximum atomic E-state index is 9.75. The standard InChI is InChI=1S/C17H30O2/c1-12(2)16(18)19-11-17(4)10-15(17)13(3)14-8-6-5-7-9-14/h10,12-14,16,18H,5-9,11H2,1-4H3/t13-,16?,17+/m1/s1. The van der Waals surface area contributed by atoms with Crippen LogP contribution in [0.15, 0.2) is 11.6 Å². The average molecular weight is 266 g/mol. The highest BCUT2D eigenvalue weighted by atomic mass is 16.6. The van der Waals surface area contributed by atoms with E-state index in [-0.39, 0.29) is 11.3 Å². The fraction of sp³-hybridized carbons (Fsp3) is 0.882. The Balaban J connectivity index is 1.79. The molecule has 0 aromatic carbocycles. The van der Waals surface area contributed by atoms with Gasteiger partial charge in [0.05, 0.1) is 6.61 Å². The second kappa shape index (κ2) is 5.97. The van der Waals surface area contributed by atoms with Crippen molar-refractivity contribution in [2.45, 2.75) is 66.1 Å². The molecule has 0 bridgehead atoms. The molecule has 1 unspecified atom stereocenters. The van der Waals surface area contributed by atoms with Crippen LogP contribution in [0.4, 0.5) is 0 Å². The van der Waals surface area contributed by atoms with Crippen molar-refractivity contribution in [1.82, 2.24) is 0 Å². The molecular formula is C17H30O2. The Kier molecular flexibility index (Phi) is 4.73. The van der Waals surface area contributed by atoms with E-state index in [1.54, 1.807) is 5.57 Å². The van der Waals surface area contributed by atoms with E-state index < -0.39 is 6.29 Å². The monoisotopic (exact) mass is 266 g/mol. The van der Waals surface area contributed by atoms with Crippen LogP contribution in [0.25, 0.3) is 0 Å². The van der Waals surface area contributed by atoms with Crippen LogP contribution in [0, 0.1) is 23.2 Å². The predicted molar refractivity (Wildman–Crippen MR) is 78.7 cm³/mol. The minimum Gasteiger partial charge on any atom is -0.368 e. The zero-order chi connectivity index (χ0) is 14.0. The van der Waals surface area contributed by atoms with E-state index in [9.17, 15) is 5.11 Å². The first-order valence-electron chi connectivity index (χ1n) is 7.97. The molecule has 1 N–H and O–H groups in total. The van der Waals surface area contributed by atoms with Crippen LogP contribution < -0.4 is 0 Å². The van der Waals surface area contributed by atoms with E-state index in [0.717, 1.165) is 5.92 Å². The SMILES string of the molecule is CC(C)C(O)OC[C@]1(C)C=C1[C@H](C)C1CCCCC1. The van der Waals surface area contributed by atoms with Crippen LogP contribution in [-0.2, 0) is 4.74 Å². The maximum absolute atomic E-state index is 9.75. The molecule has 0 heterocycles. The molecule has 2 heteroatoms. The Morgan fingerprint density at radius 2 is 1.89 bits per heavy atom. The van der Waals surface area contributed by atoms with Crippen LogP contribution >= 0.6 is 0 Å². The third kappa shape index (κ3) is 3.61. The highest BCUT2D eigenvalue weighted by Gasteiger charge is 2.44. The van der Waals surface area contributed by atoms with Crippen molar-refractivity contribution >= 4 is 0 Å². The van der Waals surface area contributed by atoms with Gasteiger partial charge >= 0.3 is 0 Å². The second-order valence-electron chi connectivity index (χ2n) is 7.15. The van der Waals surface area contributed by atoms with Crippen LogP contribution in [0.5, 0.6) is 0 Å². The van der Waals surface area contributed by atoms with Crippen LogP contribution in [0.1, 0.15) is 59.8 Å². The Hall–Kier alpha value is -0.340. The number of aliphatic hydroxyl groups is 1. The lowest BCUT2D eigenvalue weighted by atomic mass is 9.77. The van der Waals surface area contributed by atoms with E-state index in [1.165, 1.54) is 32.1 Å². The van der Waals surface area contributed by atoms with Gasteiger partial charge in [0.1, 0.15) is 0 Å². The van der Waals surface area contributed by atoms with Crippen molar-refractivity contribution in [2.75, 3.05) is 6.61 Å². The normalized spacial score (nSPS) is 31.2. The Morgan fingerprint density at radius 3 is 2.47 bits per heavy atom. The molecule has 0 aromatic rings. The highest BCUT2D eigenvalue weighted by molar-refractivity contribution is 5.39. The Bertz CT molecular complexity index is 328. The summed E-state index contributed by atoms with van der Waals surface area (Å²) in [6.07, 6.45) is 8.75. The summed E-state index contributed by atoms with van der Waals surface area (Å²) in [6, 6.07) is 0. The summed E-state index contributed by atoms with van der Waals surface area (Å²) in [6.45, 7) is 9.23. The number of ether oxygens (including phenoxy) is 1. The topological polar surface area (TPSA) is 29.5 Å². The summed E-state index contributed by atoms with van der Waals surface area (Å²) in [5.74, 6) is 1.74. The Morgan fingerprint density at radius 1 is 1.26 bits per heavy atom. The molecule has 0 spiro atoms. The molecule has 2 nitrogen and oxygen atoms in total. The molecule has 3 atom stereocenters. The van der Waals surface area contributed by atoms with Gasteiger partial charge in [-0.2, -0.15) is 0 Å². The highest BCUT2D eigenvalue weighted by Crippen LogP contribution is 2.52. The lowest BCUT2D eigenvalue weighted by Gasteiger charge is -2.29. The molecule has 19 heavy (non-hydrogen) atoms. The zero-order valence-electron chi connectivity index (χ0n) is 13.0. The molecule has 0 amide bonds. The third-order valence-corrected chi connectivity index (χ3v) is 5.02. The van der Waals surface area contributed by atoms with E-state index in [4.69, 9.17) is 4.74 Å². The molecule has 110 valence electrons. The van der Waals surface area contributed by atoms with Gasteiger partial charge in [-0.05, 0) is 24.7 Å². The van der Waals surface area contributed by atoms with Crippen molar-refractivity contribution in [3.63, 3.8) is 0 Å². The predicted octanol–water partition coefficient (Wildman–Crippen LogP) is 4.14. The summed E-state index contributed by atoms with van der Waals surface area (Å²) in [5.41, 5.74) is 1.68. The summed E-state index contributed by atoms with van der Waals surface area (Å²) in [7, 11) is 0. The number of aliphatic hydroxyl groups excluding tert-OH is 1. The Labute approximate surface area is 118 Å². The quantitative estimate of drug-likeness (QED) is 0.578. The largest absolute Gasteiger partial charge is 0.368 e. The van der Waals surface area contributed by atoms with Gasteiger partial charge in [0.25, 0.3) is 0 Å². The minimum atomic E-state index is -0.628. The fourth-order valence-corrected chi connectivity index (χ4v) is 3.42. The fourth-order valence-electron chi connectivity index (χ4n) is 3.42. The molecule has 0 aromatic heterocycles. The van der Waals surface area contributed by atoms with Crippen LogP contribution in [0.3, 0.4) is 0 Å². The minimum absolute atomic E-state index is 0.118. The van der Waals surface area contributed by atoms with Gasteiger partial charge in [-0.3, -0.25) is 0 Å². The number of hydrogen-bond acceptors (Lipinski definition) is 2.